The van der Waals surface area contributed by atoms with Gasteiger partial charge in [-0.3, -0.25) is 19.3 Å². The lowest BCUT2D eigenvalue weighted by Crippen LogP contribution is -2.36. The summed E-state index contributed by atoms with van der Waals surface area (Å²) in [4.78, 5) is 41.7. The van der Waals surface area contributed by atoms with E-state index in [0.717, 1.165) is 35.4 Å². The lowest BCUT2D eigenvalue weighted by molar-refractivity contribution is -0.127. The third-order valence-corrected chi connectivity index (χ3v) is 8.29. The number of imide groups is 1. The number of anilines is 2. The van der Waals surface area contributed by atoms with E-state index in [9.17, 15) is 18.8 Å². The molecule has 0 atom stereocenters. The molecule has 3 aromatic carbocycles. The van der Waals surface area contributed by atoms with Crippen molar-refractivity contribution < 1.29 is 33.0 Å². The number of carbonyl (C=O) groups excluding carboxylic acids is 3. The number of nitrogens with zero attached hydrogens (tertiary/aromatic N) is 2. The minimum Gasteiger partial charge on any atom is -0.493 e. The van der Waals surface area contributed by atoms with Gasteiger partial charge in [0.05, 0.1) is 28.8 Å². The minimum absolute atomic E-state index is 0.0113. The fourth-order valence-corrected chi connectivity index (χ4v) is 6.06. The number of rotatable bonds is 9. The maximum absolute atomic E-state index is 14.0. The van der Waals surface area contributed by atoms with Gasteiger partial charge in [-0.1, -0.05) is 18.2 Å². The van der Waals surface area contributed by atoms with Gasteiger partial charge in [0.25, 0.3) is 11.1 Å². The van der Waals surface area contributed by atoms with Crippen molar-refractivity contribution in [1.82, 2.24) is 4.90 Å². The number of hydrogen-bond acceptors (Lipinski definition) is 8. The van der Waals surface area contributed by atoms with Crippen LogP contribution in [0.4, 0.5) is 20.6 Å². The first-order valence-corrected chi connectivity index (χ1v) is 14.9. The Morgan fingerprint density at radius 1 is 1.12 bits per heavy atom. The number of carbonyl (C=O) groups is 3. The van der Waals surface area contributed by atoms with Gasteiger partial charge in [0.1, 0.15) is 19.0 Å². The summed E-state index contributed by atoms with van der Waals surface area (Å²) < 4.78 is 31.4. The maximum atomic E-state index is 14.0. The van der Waals surface area contributed by atoms with Crippen molar-refractivity contribution in [1.29, 1.82) is 0 Å². The van der Waals surface area contributed by atoms with E-state index in [1.807, 2.05) is 12.1 Å². The highest BCUT2D eigenvalue weighted by molar-refractivity contribution is 14.1. The molecule has 0 bridgehead atoms. The SMILES string of the molecule is COc1cc(/C=C2/SC(=O)N(CC(=O)Nc3ccc(N4CCOCC4)cc3)C2=O)cc(I)c1OCc1ccccc1F. The summed E-state index contributed by atoms with van der Waals surface area (Å²) in [6.07, 6.45) is 1.57. The quantitative estimate of drug-likeness (QED) is 0.230. The van der Waals surface area contributed by atoms with Crippen molar-refractivity contribution in [3.63, 3.8) is 0 Å². The molecule has 0 unspecified atom stereocenters. The topological polar surface area (TPSA) is 97.4 Å². The van der Waals surface area contributed by atoms with E-state index in [2.05, 4.69) is 32.8 Å². The fourth-order valence-electron chi connectivity index (χ4n) is 4.44. The zero-order valence-corrected chi connectivity index (χ0v) is 25.6. The van der Waals surface area contributed by atoms with Gasteiger partial charge in [0.2, 0.25) is 5.91 Å². The van der Waals surface area contributed by atoms with E-state index in [1.165, 1.54) is 13.2 Å². The third kappa shape index (κ3) is 7.05. The van der Waals surface area contributed by atoms with Gasteiger partial charge in [-0.05, 0) is 88.5 Å². The Bertz CT molecular complexity index is 1530. The molecule has 2 aliphatic heterocycles. The summed E-state index contributed by atoms with van der Waals surface area (Å²) in [5.41, 5.74) is 2.61. The van der Waals surface area contributed by atoms with E-state index in [1.54, 1.807) is 48.5 Å². The first-order valence-electron chi connectivity index (χ1n) is 13.0. The second-order valence-electron chi connectivity index (χ2n) is 9.38. The summed E-state index contributed by atoms with van der Waals surface area (Å²) >= 11 is 2.83. The summed E-state index contributed by atoms with van der Waals surface area (Å²) in [6, 6.07) is 17.2. The standard InChI is InChI=1S/C30H27FIN3O6S/c1-39-25-15-19(14-24(32)28(25)41-18-20-4-2-3-5-23(20)31)16-26-29(37)35(30(38)42-26)17-27(36)33-21-6-8-22(9-7-21)34-10-12-40-13-11-34/h2-9,14-16H,10-13,17-18H2,1H3,(H,33,36)/b26-16+. The van der Waals surface area contributed by atoms with E-state index in [4.69, 9.17) is 14.2 Å². The Labute approximate surface area is 260 Å². The second-order valence-corrected chi connectivity index (χ2v) is 11.5. The van der Waals surface area contributed by atoms with E-state index < -0.39 is 23.6 Å². The largest absolute Gasteiger partial charge is 0.493 e. The highest BCUT2D eigenvalue weighted by Gasteiger charge is 2.36. The Morgan fingerprint density at radius 2 is 1.86 bits per heavy atom. The lowest BCUT2D eigenvalue weighted by Gasteiger charge is -2.28. The van der Waals surface area contributed by atoms with Crippen LogP contribution in [0.5, 0.6) is 11.5 Å². The number of methoxy groups -OCH3 is 1. The van der Waals surface area contributed by atoms with E-state index in [0.29, 0.717) is 45.1 Å². The van der Waals surface area contributed by atoms with Crippen molar-refractivity contribution in [2.75, 3.05) is 50.2 Å². The van der Waals surface area contributed by atoms with E-state index in [-0.39, 0.29) is 17.3 Å². The molecule has 5 rings (SSSR count). The number of benzene rings is 3. The number of ether oxygens (including phenoxy) is 3. The Hall–Kier alpha value is -3.62. The fraction of sp³-hybridized carbons (Fsp3) is 0.233. The molecule has 2 heterocycles. The van der Waals surface area contributed by atoms with Crippen LogP contribution < -0.4 is 19.7 Å². The molecule has 42 heavy (non-hydrogen) atoms. The van der Waals surface area contributed by atoms with Crippen LogP contribution in [0.3, 0.4) is 0 Å². The normalized spacial score (nSPS) is 16.2. The number of halogens is 2. The van der Waals surface area contributed by atoms with Crippen LogP contribution in [0.25, 0.3) is 6.08 Å². The third-order valence-electron chi connectivity index (χ3n) is 6.58. The molecule has 9 nitrogen and oxygen atoms in total. The van der Waals surface area contributed by atoms with Crippen LogP contribution in [0, 0.1) is 9.39 Å². The lowest BCUT2D eigenvalue weighted by atomic mass is 10.1. The Kier molecular flexibility index (Phi) is 9.65. The van der Waals surface area contributed by atoms with Crippen LogP contribution in [-0.4, -0.2) is 61.9 Å². The van der Waals surface area contributed by atoms with Crippen LogP contribution in [0.1, 0.15) is 11.1 Å². The van der Waals surface area contributed by atoms with Crippen molar-refractivity contribution in [2.24, 2.45) is 0 Å². The predicted octanol–water partition coefficient (Wildman–Crippen LogP) is 5.53. The Morgan fingerprint density at radius 3 is 2.57 bits per heavy atom. The molecule has 3 aromatic rings. The molecule has 0 aliphatic carbocycles. The first-order chi connectivity index (χ1) is 20.3. The summed E-state index contributed by atoms with van der Waals surface area (Å²) in [7, 11) is 1.48. The highest BCUT2D eigenvalue weighted by atomic mass is 127. The summed E-state index contributed by atoms with van der Waals surface area (Å²) in [6.45, 7) is 2.56. The van der Waals surface area contributed by atoms with Crippen LogP contribution in [-0.2, 0) is 20.9 Å². The molecule has 1 N–H and O–H groups in total. The molecule has 0 spiro atoms. The number of amides is 3. The molecule has 218 valence electrons. The van der Waals surface area contributed by atoms with Gasteiger partial charge in [-0.15, -0.1) is 0 Å². The predicted molar refractivity (Wildman–Crippen MR) is 167 cm³/mol. The van der Waals surface area contributed by atoms with Gasteiger partial charge in [0, 0.05) is 30.0 Å². The Balaban J connectivity index is 1.22. The molecule has 2 aliphatic rings. The molecule has 0 saturated carbocycles. The number of hydrogen-bond donors (Lipinski definition) is 1. The van der Waals surface area contributed by atoms with Crippen molar-refractivity contribution >= 4 is 68.9 Å². The molecule has 2 saturated heterocycles. The van der Waals surface area contributed by atoms with Crippen LogP contribution >= 0.6 is 34.4 Å². The zero-order valence-electron chi connectivity index (χ0n) is 22.6. The second kappa shape index (κ2) is 13.6. The van der Waals surface area contributed by atoms with Crippen LogP contribution in [0.15, 0.2) is 65.6 Å². The van der Waals surface area contributed by atoms with Crippen LogP contribution in [0.2, 0.25) is 0 Å². The number of thioether (sulfide) groups is 1. The number of nitrogens with one attached hydrogen (secondary N) is 1. The molecule has 3 amide bonds. The van der Waals surface area contributed by atoms with Crippen molar-refractivity contribution in [3.05, 3.63) is 86.1 Å². The maximum Gasteiger partial charge on any atom is 0.294 e. The van der Waals surface area contributed by atoms with Gasteiger partial charge in [-0.2, -0.15) is 0 Å². The smallest absolute Gasteiger partial charge is 0.294 e. The van der Waals surface area contributed by atoms with Gasteiger partial charge in [-0.25, -0.2) is 4.39 Å². The summed E-state index contributed by atoms with van der Waals surface area (Å²) in [5, 5.41) is 2.22. The van der Waals surface area contributed by atoms with Crippen molar-refractivity contribution in [2.45, 2.75) is 6.61 Å². The van der Waals surface area contributed by atoms with Gasteiger partial charge < -0.3 is 24.4 Å². The molecule has 2 fully saturated rings. The van der Waals surface area contributed by atoms with E-state index >= 15 is 0 Å². The average molecular weight is 704 g/mol. The highest BCUT2D eigenvalue weighted by Crippen LogP contribution is 2.37. The summed E-state index contributed by atoms with van der Waals surface area (Å²) in [5.74, 6) is -0.583. The average Bonchev–Trinajstić information content (AvgIpc) is 3.25. The molecule has 0 radical (unpaired) electrons. The monoisotopic (exact) mass is 703 g/mol. The zero-order chi connectivity index (χ0) is 29.6. The minimum atomic E-state index is -0.559. The van der Waals surface area contributed by atoms with Gasteiger partial charge >= 0.3 is 0 Å². The first kappa shape index (κ1) is 29.9. The molecule has 12 heteroatoms. The number of morpholine rings is 1. The molecular weight excluding hydrogens is 676 g/mol. The van der Waals surface area contributed by atoms with Gasteiger partial charge in [0.15, 0.2) is 11.5 Å². The molecular formula is C30H27FIN3O6S. The molecule has 0 aromatic heterocycles. The van der Waals surface area contributed by atoms with Crippen molar-refractivity contribution in [3.8, 4) is 11.5 Å².